The van der Waals surface area contributed by atoms with Gasteiger partial charge in [-0.2, -0.15) is 0 Å². The van der Waals surface area contributed by atoms with Gasteiger partial charge < -0.3 is 20.5 Å². The van der Waals surface area contributed by atoms with E-state index in [-0.39, 0.29) is 11.4 Å². The van der Waals surface area contributed by atoms with E-state index in [1.807, 2.05) is 0 Å². The molecule has 1 heterocycles. The number of rotatable bonds is 7. The highest BCUT2D eigenvalue weighted by Crippen LogP contribution is 2.30. The minimum Gasteiger partial charge on any atom is -0.475 e. The first kappa shape index (κ1) is 15.7. The Hall–Kier alpha value is -1.66. The first-order chi connectivity index (χ1) is 10.1. The number of aromatic nitrogens is 1. The van der Waals surface area contributed by atoms with Gasteiger partial charge in [0.05, 0.1) is 18.5 Å². The standard InChI is InChI=1S/C15H23N3O3/c1-20-8-9-21-14-5-4-12(11-17-14)18-13(19)10-15(16)6-2-3-7-15/h4-5,11H,2-3,6-10,16H2,1H3,(H,18,19). The summed E-state index contributed by atoms with van der Waals surface area (Å²) in [5.74, 6) is 0.449. The number of hydrogen-bond donors (Lipinski definition) is 2. The third-order valence-electron chi connectivity index (χ3n) is 3.67. The molecule has 0 aromatic carbocycles. The molecule has 1 aliphatic carbocycles. The second-order valence-electron chi connectivity index (χ2n) is 5.52. The Morgan fingerprint density at radius 3 is 2.76 bits per heavy atom. The van der Waals surface area contributed by atoms with Gasteiger partial charge in [-0.15, -0.1) is 0 Å². The Morgan fingerprint density at radius 1 is 1.38 bits per heavy atom. The number of methoxy groups -OCH3 is 1. The maximum atomic E-state index is 12.0. The number of pyridine rings is 1. The summed E-state index contributed by atoms with van der Waals surface area (Å²) in [6.45, 7) is 0.962. The lowest BCUT2D eigenvalue weighted by Gasteiger charge is -2.22. The van der Waals surface area contributed by atoms with Gasteiger partial charge in [-0.1, -0.05) is 12.8 Å². The number of hydrogen-bond acceptors (Lipinski definition) is 5. The van der Waals surface area contributed by atoms with Crippen LogP contribution in [0.2, 0.25) is 0 Å². The van der Waals surface area contributed by atoms with E-state index >= 15 is 0 Å². The van der Waals surface area contributed by atoms with E-state index in [4.69, 9.17) is 15.2 Å². The Labute approximate surface area is 125 Å². The highest BCUT2D eigenvalue weighted by Gasteiger charge is 2.31. The summed E-state index contributed by atoms with van der Waals surface area (Å²) in [6, 6.07) is 3.49. The van der Waals surface area contributed by atoms with Crippen molar-refractivity contribution in [2.45, 2.75) is 37.6 Å². The van der Waals surface area contributed by atoms with Crippen LogP contribution in [0.5, 0.6) is 5.88 Å². The lowest BCUT2D eigenvalue weighted by molar-refractivity contribution is -0.117. The zero-order valence-corrected chi connectivity index (χ0v) is 12.4. The van der Waals surface area contributed by atoms with Crippen LogP contribution >= 0.6 is 0 Å². The molecule has 1 amide bonds. The summed E-state index contributed by atoms with van der Waals surface area (Å²) in [7, 11) is 1.62. The van der Waals surface area contributed by atoms with Crippen LogP contribution < -0.4 is 15.8 Å². The molecule has 2 rings (SSSR count). The molecule has 3 N–H and O–H groups in total. The molecule has 0 bridgehead atoms. The van der Waals surface area contributed by atoms with Crippen LogP contribution in [-0.4, -0.2) is 36.8 Å². The van der Waals surface area contributed by atoms with E-state index in [2.05, 4.69) is 10.3 Å². The highest BCUT2D eigenvalue weighted by molar-refractivity contribution is 5.91. The smallest absolute Gasteiger partial charge is 0.226 e. The molecule has 1 aliphatic rings. The molecule has 6 heteroatoms. The van der Waals surface area contributed by atoms with Crippen molar-refractivity contribution in [1.29, 1.82) is 0 Å². The maximum Gasteiger partial charge on any atom is 0.226 e. The number of carbonyl (C=O) groups is 1. The molecule has 0 saturated heterocycles. The largest absolute Gasteiger partial charge is 0.475 e. The normalized spacial score (nSPS) is 16.7. The lowest BCUT2D eigenvalue weighted by Crippen LogP contribution is -2.40. The monoisotopic (exact) mass is 293 g/mol. The average molecular weight is 293 g/mol. The van der Waals surface area contributed by atoms with Crippen molar-refractivity contribution < 1.29 is 14.3 Å². The van der Waals surface area contributed by atoms with Gasteiger partial charge in [0.1, 0.15) is 6.61 Å². The van der Waals surface area contributed by atoms with E-state index in [0.29, 0.717) is 31.2 Å². The second-order valence-corrected chi connectivity index (χ2v) is 5.52. The molecule has 1 aromatic rings. The van der Waals surface area contributed by atoms with Crippen molar-refractivity contribution in [3.63, 3.8) is 0 Å². The van der Waals surface area contributed by atoms with Crippen molar-refractivity contribution >= 4 is 11.6 Å². The second kappa shape index (κ2) is 7.38. The number of amides is 1. The fourth-order valence-electron chi connectivity index (χ4n) is 2.55. The number of nitrogens with one attached hydrogen (secondary N) is 1. The zero-order valence-electron chi connectivity index (χ0n) is 12.4. The van der Waals surface area contributed by atoms with Gasteiger partial charge in [-0.05, 0) is 18.9 Å². The molecule has 0 unspecified atom stereocenters. The third kappa shape index (κ3) is 4.99. The Balaban J connectivity index is 1.80. The topological polar surface area (TPSA) is 86.5 Å². The zero-order chi connectivity index (χ0) is 15.1. The van der Waals surface area contributed by atoms with Crippen LogP contribution in [-0.2, 0) is 9.53 Å². The van der Waals surface area contributed by atoms with Crippen molar-refractivity contribution in [2.24, 2.45) is 5.73 Å². The SMILES string of the molecule is COCCOc1ccc(NC(=O)CC2(N)CCCC2)cn1. The van der Waals surface area contributed by atoms with Crippen molar-refractivity contribution in [2.75, 3.05) is 25.6 Å². The predicted octanol–water partition coefficient (Wildman–Crippen LogP) is 1.71. The molecule has 116 valence electrons. The van der Waals surface area contributed by atoms with E-state index < -0.39 is 0 Å². The van der Waals surface area contributed by atoms with Crippen molar-refractivity contribution in [3.8, 4) is 5.88 Å². The third-order valence-corrected chi connectivity index (χ3v) is 3.67. The molecule has 1 fully saturated rings. The number of carbonyl (C=O) groups excluding carboxylic acids is 1. The van der Waals surface area contributed by atoms with Crippen LogP contribution in [0.1, 0.15) is 32.1 Å². The molecule has 0 spiro atoms. The highest BCUT2D eigenvalue weighted by atomic mass is 16.5. The summed E-state index contributed by atoms with van der Waals surface area (Å²) >= 11 is 0. The summed E-state index contributed by atoms with van der Waals surface area (Å²) in [5.41, 5.74) is 6.52. The fourth-order valence-corrected chi connectivity index (χ4v) is 2.55. The van der Waals surface area contributed by atoms with Crippen LogP contribution in [0.15, 0.2) is 18.3 Å². The summed E-state index contributed by atoms with van der Waals surface area (Å²) < 4.78 is 10.3. The van der Waals surface area contributed by atoms with Crippen LogP contribution in [0.25, 0.3) is 0 Å². The minimum absolute atomic E-state index is 0.0609. The first-order valence-electron chi connectivity index (χ1n) is 7.28. The predicted molar refractivity (Wildman–Crippen MR) is 80.2 cm³/mol. The van der Waals surface area contributed by atoms with Gasteiger partial charge in [0, 0.05) is 25.1 Å². The molecule has 1 aromatic heterocycles. The quantitative estimate of drug-likeness (QED) is 0.747. The van der Waals surface area contributed by atoms with E-state index in [1.54, 1.807) is 25.4 Å². The van der Waals surface area contributed by atoms with Crippen LogP contribution in [0.3, 0.4) is 0 Å². The van der Waals surface area contributed by atoms with Crippen molar-refractivity contribution in [1.82, 2.24) is 4.98 Å². The van der Waals surface area contributed by atoms with E-state index in [1.165, 1.54) is 0 Å². The van der Waals surface area contributed by atoms with Gasteiger partial charge in [0.2, 0.25) is 11.8 Å². The molecular weight excluding hydrogens is 270 g/mol. The molecule has 1 saturated carbocycles. The lowest BCUT2D eigenvalue weighted by atomic mass is 9.94. The molecule has 0 radical (unpaired) electrons. The number of ether oxygens (including phenoxy) is 2. The summed E-state index contributed by atoms with van der Waals surface area (Å²) in [5, 5.41) is 2.83. The molecule has 0 atom stereocenters. The number of nitrogens with zero attached hydrogens (tertiary/aromatic N) is 1. The van der Waals surface area contributed by atoms with Crippen molar-refractivity contribution in [3.05, 3.63) is 18.3 Å². The Kier molecular flexibility index (Phi) is 5.52. The van der Waals surface area contributed by atoms with Crippen LogP contribution in [0.4, 0.5) is 5.69 Å². The Bertz CT molecular complexity index is 456. The number of nitrogens with two attached hydrogens (primary N) is 1. The van der Waals surface area contributed by atoms with E-state index in [0.717, 1.165) is 25.7 Å². The van der Waals surface area contributed by atoms with Gasteiger partial charge in [-0.25, -0.2) is 4.98 Å². The minimum atomic E-state index is -0.333. The average Bonchev–Trinajstić information content (AvgIpc) is 2.87. The number of anilines is 1. The Morgan fingerprint density at radius 2 is 2.14 bits per heavy atom. The molecule has 21 heavy (non-hydrogen) atoms. The van der Waals surface area contributed by atoms with E-state index in [9.17, 15) is 4.79 Å². The van der Waals surface area contributed by atoms with Gasteiger partial charge in [0.25, 0.3) is 0 Å². The summed E-state index contributed by atoms with van der Waals surface area (Å²) in [4.78, 5) is 16.1. The van der Waals surface area contributed by atoms with Gasteiger partial charge >= 0.3 is 0 Å². The molecular formula is C15H23N3O3. The molecule has 0 aliphatic heterocycles. The van der Waals surface area contributed by atoms with Crippen LogP contribution in [0, 0.1) is 0 Å². The first-order valence-corrected chi connectivity index (χ1v) is 7.28. The molecule has 6 nitrogen and oxygen atoms in total. The van der Waals surface area contributed by atoms with Gasteiger partial charge in [-0.3, -0.25) is 4.79 Å². The maximum absolute atomic E-state index is 12.0. The summed E-state index contributed by atoms with van der Waals surface area (Å²) in [6.07, 6.45) is 6.00. The van der Waals surface area contributed by atoms with Gasteiger partial charge in [0.15, 0.2) is 0 Å². The fraction of sp³-hybridized carbons (Fsp3) is 0.600.